The largest absolute Gasteiger partial charge is 0.481 e. The van der Waals surface area contributed by atoms with Gasteiger partial charge < -0.3 is 20.5 Å². The van der Waals surface area contributed by atoms with Crippen molar-refractivity contribution in [3.8, 4) is 0 Å². The zero-order valence-electron chi connectivity index (χ0n) is 12.4. The van der Waals surface area contributed by atoms with Gasteiger partial charge in [0.15, 0.2) is 0 Å². The van der Waals surface area contributed by atoms with Crippen LogP contribution in [0.1, 0.15) is 6.92 Å². The van der Waals surface area contributed by atoms with Gasteiger partial charge in [0.1, 0.15) is 5.92 Å². The second kappa shape index (κ2) is 5.85. The molecule has 0 saturated carbocycles. The number of carboxylic acids is 1. The summed E-state index contributed by atoms with van der Waals surface area (Å²) in [5, 5.41) is 14.6. The number of amides is 2. The quantitative estimate of drug-likeness (QED) is 0.725. The lowest BCUT2D eigenvalue weighted by molar-refractivity contribution is -0.145. The zero-order valence-corrected chi connectivity index (χ0v) is 12.4. The molecule has 1 saturated heterocycles. The van der Waals surface area contributed by atoms with Gasteiger partial charge >= 0.3 is 5.97 Å². The number of carbonyl (C=O) groups is 3. The van der Waals surface area contributed by atoms with Gasteiger partial charge in [-0.2, -0.15) is 0 Å². The fraction of sp³-hybridized carbons (Fsp3) is 0.312. The van der Waals surface area contributed by atoms with Gasteiger partial charge in [-0.1, -0.05) is 18.2 Å². The highest BCUT2D eigenvalue weighted by Crippen LogP contribution is 2.39. The molecular formula is C16H16N2O5. The Labute approximate surface area is 132 Å². The third-order valence-electron chi connectivity index (χ3n) is 3.94. The van der Waals surface area contributed by atoms with E-state index < -0.39 is 35.9 Å². The Morgan fingerprint density at radius 3 is 2.26 bits per heavy atom. The summed E-state index contributed by atoms with van der Waals surface area (Å²) in [5.74, 6) is -3.33. The number of carboxylic acid groups (broad SMARTS) is 1. The molecule has 4 atom stereocenters. The Morgan fingerprint density at radius 1 is 1.04 bits per heavy atom. The summed E-state index contributed by atoms with van der Waals surface area (Å²) in [4.78, 5) is 34.9. The molecule has 2 bridgehead atoms. The van der Waals surface area contributed by atoms with E-state index in [-0.39, 0.29) is 5.91 Å². The van der Waals surface area contributed by atoms with Crippen molar-refractivity contribution in [2.45, 2.75) is 19.1 Å². The third-order valence-corrected chi connectivity index (χ3v) is 3.94. The molecule has 0 radical (unpaired) electrons. The number of aliphatic carboxylic acids is 1. The van der Waals surface area contributed by atoms with E-state index in [1.165, 1.54) is 6.92 Å². The van der Waals surface area contributed by atoms with Crippen LogP contribution < -0.4 is 10.6 Å². The molecule has 2 aliphatic rings. The fourth-order valence-corrected chi connectivity index (χ4v) is 3.02. The molecule has 1 fully saturated rings. The van der Waals surface area contributed by atoms with Gasteiger partial charge in [-0.05, 0) is 18.2 Å². The number of nitrogens with one attached hydrogen (secondary N) is 2. The number of benzene rings is 1. The summed E-state index contributed by atoms with van der Waals surface area (Å²) < 4.78 is 5.48. The molecule has 2 aliphatic heterocycles. The molecular weight excluding hydrogens is 300 g/mol. The van der Waals surface area contributed by atoms with E-state index in [2.05, 4.69) is 10.6 Å². The lowest BCUT2D eigenvalue weighted by Crippen LogP contribution is -2.39. The summed E-state index contributed by atoms with van der Waals surface area (Å²) in [6.07, 6.45) is 2.34. The van der Waals surface area contributed by atoms with Crippen molar-refractivity contribution >= 4 is 29.2 Å². The summed E-state index contributed by atoms with van der Waals surface area (Å²) in [7, 11) is 0. The molecule has 3 rings (SSSR count). The SMILES string of the molecule is CC(=O)Nc1cccc(NC(=O)[C@@H]2[C@@H](C(=O)O)[C@@H]3C=C[C@@H]2O3)c1. The van der Waals surface area contributed by atoms with Gasteiger partial charge in [0, 0.05) is 18.3 Å². The molecule has 3 N–H and O–H groups in total. The molecule has 2 amide bonds. The number of carbonyl (C=O) groups excluding carboxylic acids is 2. The maximum atomic E-state index is 12.5. The van der Waals surface area contributed by atoms with Crippen LogP contribution in [0.4, 0.5) is 11.4 Å². The Morgan fingerprint density at radius 2 is 1.65 bits per heavy atom. The van der Waals surface area contributed by atoms with Gasteiger partial charge in [-0.3, -0.25) is 14.4 Å². The minimum Gasteiger partial charge on any atom is -0.481 e. The Kier molecular flexibility index (Phi) is 3.87. The van der Waals surface area contributed by atoms with Crippen molar-refractivity contribution in [3.05, 3.63) is 36.4 Å². The number of anilines is 2. The van der Waals surface area contributed by atoms with Gasteiger partial charge in [0.25, 0.3) is 0 Å². The minimum absolute atomic E-state index is 0.217. The lowest BCUT2D eigenvalue weighted by atomic mass is 9.82. The molecule has 0 aromatic heterocycles. The van der Waals surface area contributed by atoms with E-state index in [0.717, 1.165) is 0 Å². The number of rotatable bonds is 4. The monoisotopic (exact) mass is 316 g/mol. The van der Waals surface area contributed by atoms with Gasteiger partial charge in [0.2, 0.25) is 11.8 Å². The molecule has 23 heavy (non-hydrogen) atoms. The van der Waals surface area contributed by atoms with Crippen LogP contribution in [0.5, 0.6) is 0 Å². The van der Waals surface area contributed by atoms with Crippen LogP contribution in [0.3, 0.4) is 0 Å². The number of hydrogen-bond donors (Lipinski definition) is 3. The summed E-state index contributed by atoms with van der Waals surface area (Å²) in [6, 6.07) is 6.66. The van der Waals surface area contributed by atoms with Crippen molar-refractivity contribution in [1.82, 2.24) is 0 Å². The zero-order chi connectivity index (χ0) is 16.6. The van der Waals surface area contributed by atoms with Crippen molar-refractivity contribution in [1.29, 1.82) is 0 Å². The molecule has 0 spiro atoms. The second-order valence-corrected chi connectivity index (χ2v) is 5.59. The molecule has 0 aliphatic carbocycles. The number of hydrogen-bond acceptors (Lipinski definition) is 4. The molecule has 120 valence electrons. The summed E-state index contributed by atoms with van der Waals surface area (Å²) >= 11 is 0. The predicted octanol–water partition coefficient (Wildman–Crippen LogP) is 1.24. The average Bonchev–Trinajstić information content (AvgIpc) is 3.07. The summed E-state index contributed by atoms with van der Waals surface area (Å²) in [5.41, 5.74) is 1.03. The normalized spacial score (nSPS) is 27.7. The van der Waals surface area contributed by atoms with E-state index in [4.69, 9.17) is 4.74 Å². The fourth-order valence-electron chi connectivity index (χ4n) is 3.02. The number of ether oxygens (including phenoxy) is 1. The maximum absolute atomic E-state index is 12.5. The first kappa shape index (κ1) is 15.2. The van der Waals surface area contributed by atoms with Gasteiger partial charge in [-0.15, -0.1) is 0 Å². The molecule has 0 unspecified atom stereocenters. The topological polar surface area (TPSA) is 105 Å². The highest BCUT2D eigenvalue weighted by Gasteiger charge is 2.53. The number of fused-ring (bicyclic) bond motifs is 2. The highest BCUT2D eigenvalue weighted by molar-refractivity contribution is 5.97. The molecule has 7 nitrogen and oxygen atoms in total. The first-order valence-electron chi connectivity index (χ1n) is 7.21. The van der Waals surface area contributed by atoms with Crippen molar-refractivity contribution in [2.24, 2.45) is 11.8 Å². The Bertz CT molecular complexity index is 699. The first-order chi connectivity index (χ1) is 11.0. The second-order valence-electron chi connectivity index (χ2n) is 5.59. The highest BCUT2D eigenvalue weighted by atomic mass is 16.5. The minimum atomic E-state index is -1.05. The maximum Gasteiger partial charge on any atom is 0.310 e. The van der Waals surface area contributed by atoms with Crippen molar-refractivity contribution in [3.63, 3.8) is 0 Å². The Hall–Kier alpha value is -2.67. The summed E-state index contributed by atoms with van der Waals surface area (Å²) in [6.45, 7) is 1.39. The average molecular weight is 316 g/mol. The molecule has 7 heteroatoms. The Balaban J connectivity index is 1.75. The van der Waals surface area contributed by atoms with Gasteiger partial charge in [0.05, 0.1) is 18.1 Å². The van der Waals surface area contributed by atoms with E-state index in [1.807, 2.05) is 0 Å². The van der Waals surface area contributed by atoms with Crippen LogP contribution in [-0.2, 0) is 19.1 Å². The van der Waals surface area contributed by atoms with Crippen LogP contribution in [0.2, 0.25) is 0 Å². The molecule has 1 aromatic rings. The van der Waals surface area contributed by atoms with E-state index in [0.29, 0.717) is 11.4 Å². The molecule has 2 heterocycles. The van der Waals surface area contributed by atoms with Crippen LogP contribution in [-0.4, -0.2) is 35.1 Å². The van der Waals surface area contributed by atoms with Crippen LogP contribution >= 0.6 is 0 Å². The van der Waals surface area contributed by atoms with E-state index in [9.17, 15) is 19.5 Å². The third kappa shape index (κ3) is 2.95. The lowest BCUT2D eigenvalue weighted by Gasteiger charge is -2.21. The first-order valence-corrected chi connectivity index (χ1v) is 7.21. The van der Waals surface area contributed by atoms with Crippen LogP contribution in [0.15, 0.2) is 36.4 Å². The smallest absolute Gasteiger partial charge is 0.310 e. The van der Waals surface area contributed by atoms with E-state index in [1.54, 1.807) is 36.4 Å². The predicted molar refractivity (Wildman–Crippen MR) is 81.8 cm³/mol. The van der Waals surface area contributed by atoms with Crippen LogP contribution in [0, 0.1) is 11.8 Å². The van der Waals surface area contributed by atoms with Gasteiger partial charge in [-0.25, -0.2) is 0 Å². The van der Waals surface area contributed by atoms with E-state index >= 15 is 0 Å². The standard InChI is InChI=1S/C16H16N2O5/c1-8(19)17-9-3-2-4-10(7-9)18-15(20)13-11-5-6-12(23-11)14(13)16(21)22/h2-7,11-14H,1H3,(H,17,19)(H,18,20)(H,21,22)/t11-,12-,13-,14-/m0/s1. The van der Waals surface area contributed by atoms with Crippen molar-refractivity contribution < 1.29 is 24.2 Å². The van der Waals surface area contributed by atoms with Crippen molar-refractivity contribution in [2.75, 3.05) is 10.6 Å². The molecule has 1 aromatic carbocycles. The van der Waals surface area contributed by atoms with Crippen LogP contribution in [0.25, 0.3) is 0 Å².